The van der Waals surface area contributed by atoms with Crippen LogP contribution < -0.4 is 5.32 Å². The number of nitrogens with one attached hydrogen (secondary N) is 1. The molecular formula is C16H24N2O2. The molecule has 1 aliphatic rings. The molecule has 0 heterocycles. The fourth-order valence-corrected chi connectivity index (χ4v) is 3.28. The number of nitro groups is 1. The molecule has 0 aromatic heterocycles. The van der Waals surface area contributed by atoms with E-state index in [0.717, 1.165) is 36.9 Å². The largest absolute Gasteiger partial charge is 0.314 e. The third kappa shape index (κ3) is 2.85. The maximum absolute atomic E-state index is 11.1. The Morgan fingerprint density at radius 1 is 1.40 bits per heavy atom. The molecule has 4 nitrogen and oxygen atoms in total. The minimum absolute atomic E-state index is 0.252. The zero-order valence-corrected chi connectivity index (χ0v) is 12.6. The number of nitro benzene ring substituents is 1. The van der Waals surface area contributed by atoms with Gasteiger partial charge in [0.2, 0.25) is 0 Å². The Morgan fingerprint density at radius 2 is 2.15 bits per heavy atom. The van der Waals surface area contributed by atoms with E-state index in [1.807, 2.05) is 6.07 Å². The molecule has 20 heavy (non-hydrogen) atoms. The summed E-state index contributed by atoms with van der Waals surface area (Å²) >= 11 is 0. The Balaban J connectivity index is 2.13. The average molecular weight is 276 g/mol. The summed E-state index contributed by atoms with van der Waals surface area (Å²) in [6.07, 6.45) is 3.36. The second-order valence-electron chi connectivity index (χ2n) is 5.78. The Bertz CT molecular complexity index is 487. The Morgan fingerprint density at radius 3 is 2.75 bits per heavy atom. The highest BCUT2D eigenvalue weighted by Crippen LogP contribution is 2.45. The number of benzene rings is 1. The molecule has 0 bridgehead atoms. The fourth-order valence-electron chi connectivity index (χ4n) is 3.28. The molecule has 0 spiro atoms. The van der Waals surface area contributed by atoms with E-state index in [9.17, 15) is 10.1 Å². The standard InChI is InChI=1S/C16H24N2O2/c1-4-8-17-15-10-14(13(15)5-2)12-7-6-11(3)16(9-12)18(19)20/h6-7,9,13-15,17H,4-5,8,10H2,1-3H3. The molecule has 4 heteroatoms. The minimum atomic E-state index is -0.273. The van der Waals surface area contributed by atoms with Gasteiger partial charge in [0.05, 0.1) is 4.92 Å². The Labute approximate surface area is 120 Å². The fraction of sp³-hybridized carbons (Fsp3) is 0.625. The number of nitrogens with zero attached hydrogens (tertiary/aromatic N) is 1. The summed E-state index contributed by atoms with van der Waals surface area (Å²) in [7, 11) is 0. The van der Waals surface area contributed by atoms with Crippen LogP contribution >= 0.6 is 0 Å². The number of hydrogen-bond donors (Lipinski definition) is 1. The van der Waals surface area contributed by atoms with Crippen molar-refractivity contribution < 1.29 is 4.92 Å². The van der Waals surface area contributed by atoms with E-state index >= 15 is 0 Å². The molecule has 1 saturated carbocycles. The molecule has 0 radical (unpaired) electrons. The van der Waals surface area contributed by atoms with E-state index in [4.69, 9.17) is 0 Å². The molecule has 0 aliphatic heterocycles. The summed E-state index contributed by atoms with van der Waals surface area (Å²) in [6.45, 7) is 7.24. The lowest BCUT2D eigenvalue weighted by atomic mass is 9.65. The van der Waals surface area contributed by atoms with Crippen LogP contribution in [0.3, 0.4) is 0 Å². The van der Waals surface area contributed by atoms with E-state index in [-0.39, 0.29) is 10.6 Å². The van der Waals surface area contributed by atoms with Crippen molar-refractivity contribution in [3.05, 3.63) is 39.4 Å². The van der Waals surface area contributed by atoms with E-state index < -0.39 is 0 Å². The van der Waals surface area contributed by atoms with Crippen LogP contribution in [0.5, 0.6) is 0 Å². The monoisotopic (exact) mass is 276 g/mol. The Kier molecular flexibility index (Phi) is 4.76. The minimum Gasteiger partial charge on any atom is -0.314 e. The first-order valence-electron chi connectivity index (χ1n) is 7.56. The van der Waals surface area contributed by atoms with Crippen LogP contribution in [0.1, 0.15) is 50.2 Å². The summed E-state index contributed by atoms with van der Waals surface area (Å²) < 4.78 is 0. The number of aryl methyl sites for hydroxylation is 1. The second kappa shape index (κ2) is 6.35. The van der Waals surface area contributed by atoms with Crippen LogP contribution in [0.25, 0.3) is 0 Å². The maximum atomic E-state index is 11.1. The second-order valence-corrected chi connectivity index (χ2v) is 5.78. The van der Waals surface area contributed by atoms with Crippen LogP contribution in [-0.4, -0.2) is 17.5 Å². The molecule has 2 rings (SSSR count). The normalized spacial score (nSPS) is 25.2. The first-order valence-corrected chi connectivity index (χ1v) is 7.56. The molecule has 0 amide bonds. The highest BCUT2D eigenvalue weighted by Gasteiger charge is 2.40. The predicted octanol–water partition coefficient (Wildman–Crippen LogP) is 3.78. The average Bonchev–Trinajstić information content (AvgIpc) is 2.39. The van der Waals surface area contributed by atoms with Gasteiger partial charge in [-0.2, -0.15) is 0 Å². The zero-order chi connectivity index (χ0) is 14.7. The third-order valence-electron chi connectivity index (χ3n) is 4.53. The molecule has 0 saturated heterocycles. The van der Waals surface area contributed by atoms with Gasteiger partial charge < -0.3 is 5.32 Å². The summed E-state index contributed by atoms with van der Waals surface area (Å²) in [5.74, 6) is 1.07. The van der Waals surface area contributed by atoms with Gasteiger partial charge in [-0.05, 0) is 43.7 Å². The first-order chi connectivity index (χ1) is 9.58. The molecule has 110 valence electrons. The quantitative estimate of drug-likeness (QED) is 0.635. The van der Waals surface area contributed by atoms with Crippen molar-refractivity contribution in [3.8, 4) is 0 Å². The maximum Gasteiger partial charge on any atom is 0.272 e. The van der Waals surface area contributed by atoms with Crippen LogP contribution in [0.4, 0.5) is 5.69 Å². The van der Waals surface area contributed by atoms with E-state index in [1.165, 1.54) is 0 Å². The van der Waals surface area contributed by atoms with Crippen molar-refractivity contribution in [3.63, 3.8) is 0 Å². The van der Waals surface area contributed by atoms with Gasteiger partial charge >= 0.3 is 0 Å². The van der Waals surface area contributed by atoms with Crippen LogP contribution in [0.2, 0.25) is 0 Å². The first kappa shape index (κ1) is 15.0. The molecule has 1 fully saturated rings. The third-order valence-corrected chi connectivity index (χ3v) is 4.53. The van der Waals surface area contributed by atoms with E-state index in [0.29, 0.717) is 17.9 Å². The summed E-state index contributed by atoms with van der Waals surface area (Å²) in [4.78, 5) is 10.8. The SMILES string of the molecule is CCCNC1CC(c2ccc(C)c([N+](=O)[O-])c2)C1CC. The van der Waals surface area contributed by atoms with Gasteiger partial charge in [-0.1, -0.05) is 32.4 Å². The highest BCUT2D eigenvalue weighted by molar-refractivity contribution is 5.44. The highest BCUT2D eigenvalue weighted by atomic mass is 16.6. The van der Waals surface area contributed by atoms with E-state index in [1.54, 1.807) is 13.0 Å². The van der Waals surface area contributed by atoms with Crippen LogP contribution in [-0.2, 0) is 0 Å². The Hall–Kier alpha value is -1.42. The van der Waals surface area contributed by atoms with Crippen molar-refractivity contribution in [1.82, 2.24) is 5.32 Å². The van der Waals surface area contributed by atoms with Crippen molar-refractivity contribution in [2.24, 2.45) is 5.92 Å². The lowest BCUT2D eigenvalue weighted by molar-refractivity contribution is -0.385. The van der Waals surface area contributed by atoms with Gasteiger partial charge in [0.25, 0.3) is 5.69 Å². The predicted molar refractivity (Wildman–Crippen MR) is 81.1 cm³/mol. The van der Waals surface area contributed by atoms with Crippen molar-refractivity contribution in [2.45, 2.75) is 52.0 Å². The van der Waals surface area contributed by atoms with Gasteiger partial charge in [0.1, 0.15) is 0 Å². The molecule has 1 aromatic rings. The lowest BCUT2D eigenvalue weighted by Crippen LogP contribution is -2.49. The van der Waals surface area contributed by atoms with Crippen LogP contribution in [0, 0.1) is 23.0 Å². The number of hydrogen-bond acceptors (Lipinski definition) is 3. The molecule has 3 unspecified atom stereocenters. The van der Waals surface area contributed by atoms with Crippen molar-refractivity contribution in [1.29, 1.82) is 0 Å². The lowest BCUT2D eigenvalue weighted by Gasteiger charge is -2.45. The van der Waals surface area contributed by atoms with Gasteiger partial charge in [0, 0.05) is 17.7 Å². The van der Waals surface area contributed by atoms with Crippen LogP contribution in [0.15, 0.2) is 18.2 Å². The summed E-state index contributed by atoms with van der Waals surface area (Å²) in [5, 5.41) is 14.6. The molecule has 1 aromatic carbocycles. The van der Waals surface area contributed by atoms with Gasteiger partial charge in [-0.15, -0.1) is 0 Å². The van der Waals surface area contributed by atoms with Gasteiger partial charge in [-0.3, -0.25) is 10.1 Å². The molecule has 3 atom stereocenters. The van der Waals surface area contributed by atoms with Crippen molar-refractivity contribution in [2.75, 3.05) is 6.54 Å². The van der Waals surface area contributed by atoms with Crippen molar-refractivity contribution >= 4 is 5.69 Å². The van der Waals surface area contributed by atoms with E-state index in [2.05, 4.69) is 25.2 Å². The molecule has 1 aliphatic carbocycles. The molecular weight excluding hydrogens is 252 g/mol. The number of rotatable bonds is 6. The van der Waals surface area contributed by atoms with Gasteiger partial charge in [0.15, 0.2) is 0 Å². The topological polar surface area (TPSA) is 55.2 Å². The summed E-state index contributed by atoms with van der Waals surface area (Å²) in [5.41, 5.74) is 2.12. The summed E-state index contributed by atoms with van der Waals surface area (Å²) in [6, 6.07) is 6.29. The zero-order valence-electron chi connectivity index (χ0n) is 12.6. The van der Waals surface area contributed by atoms with Gasteiger partial charge in [-0.25, -0.2) is 0 Å². The smallest absolute Gasteiger partial charge is 0.272 e. The molecule has 1 N–H and O–H groups in total.